The quantitative estimate of drug-likeness (QED) is 0.438. The molecular weight excluding hydrogens is 310 g/mol. The van der Waals surface area contributed by atoms with Crippen molar-refractivity contribution in [2.75, 3.05) is 7.05 Å². The largest absolute Gasteiger partial charge is 0.463 e. The highest BCUT2D eigenvalue weighted by Crippen LogP contribution is 2.22. The van der Waals surface area contributed by atoms with Crippen molar-refractivity contribution in [2.24, 2.45) is 5.10 Å². The Morgan fingerprint density at radius 2 is 2.09 bits per heavy atom. The molecular formula is C16H15N5OS. The van der Waals surface area contributed by atoms with Gasteiger partial charge in [0.15, 0.2) is 10.9 Å². The molecule has 0 saturated carbocycles. The van der Waals surface area contributed by atoms with Crippen molar-refractivity contribution >= 4 is 23.5 Å². The van der Waals surface area contributed by atoms with Crippen LogP contribution in [0.4, 0.5) is 0 Å². The molecule has 7 heteroatoms. The molecule has 0 aliphatic carbocycles. The number of nitrogens with zero attached hydrogens (tertiary/aromatic N) is 3. The first-order valence-corrected chi connectivity index (χ1v) is 7.38. The van der Waals surface area contributed by atoms with Crippen LogP contribution in [0.15, 0.2) is 64.4 Å². The molecule has 116 valence electrons. The summed E-state index contributed by atoms with van der Waals surface area (Å²) in [7, 11) is 1.73. The number of thiocarbonyl (C=S) groups is 1. The molecule has 0 bridgehead atoms. The fourth-order valence-electron chi connectivity index (χ4n) is 2.02. The molecule has 3 aromatic rings. The Bertz CT molecular complexity index is 808. The molecule has 2 N–H and O–H groups in total. The summed E-state index contributed by atoms with van der Waals surface area (Å²) in [6.07, 6.45) is 5.17. The minimum atomic E-state index is 0.441. The van der Waals surface area contributed by atoms with Crippen LogP contribution < -0.4 is 10.7 Å². The summed E-state index contributed by atoms with van der Waals surface area (Å²) in [6.45, 7) is 0. The van der Waals surface area contributed by atoms with Gasteiger partial charge in [0.2, 0.25) is 0 Å². The van der Waals surface area contributed by atoms with E-state index >= 15 is 0 Å². The lowest BCUT2D eigenvalue weighted by Crippen LogP contribution is -2.28. The predicted molar refractivity (Wildman–Crippen MR) is 93.7 cm³/mol. The Kier molecular flexibility index (Phi) is 4.49. The summed E-state index contributed by atoms with van der Waals surface area (Å²) < 4.78 is 7.25. The van der Waals surface area contributed by atoms with Crippen LogP contribution in [0.1, 0.15) is 5.56 Å². The van der Waals surface area contributed by atoms with E-state index in [1.54, 1.807) is 24.2 Å². The smallest absolute Gasteiger partial charge is 0.186 e. The molecule has 23 heavy (non-hydrogen) atoms. The van der Waals surface area contributed by atoms with Gasteiger partial charge in [-0.1, -0.05) is 18.2 Å². The maximum absolute atomic E-state index is 5.46. The number of benzene rings is 1. The zero-order chi connectivity index (χ0) is 16.1. The Morgan fingerprint density at radius 3 is 2.78 bits per heavy atom. The van der Waals surface area contributed by atoms with Gasteiger partial charge in [-0.25, -0.2) is 4.68 Å². The van der Waals surface area contributed by atoms with Crippen LogP contribution in [-0.4, -0.2) is 28.2 Å². The maximum Gasteiger partial charge on any atom is 0.186 e. The van der Waals surface area contributed by atoms with Crippen molar-refractivity contribution in [1.82, 2.24) is 20.5 Å². The Morgan fingerprint density at radius 1 is 1.26 bits per heavy atom. The highest BCUT2D eigenvalue weighted by molar-refractivity contribution is 7.80. The van der Waals surface area contributed by atoms with Crippen LogP contribution in [0.5, 0.6) is 0 Å². The van der Waals surface area contributed by atoms with E-state index in [0.29, 0.717) is 16.6 Å². The monoisotopic (exact) mass is 325 g/mol. The number of hydrazone groups is 1. The van der Waals surface area contributed by atoms with E-state index in [2.05, 4.69) is 20.9 Å². The molecule has 1 aromatic carbocycles. The van der Waals surface area contributed by atoms with Crippen LogP contribution in [0, 0.1) is 0 Å². The molecule has 2 heterocycles. The third-order valence-electron chi connectivity index (χ3n) is 3.11. The van der Waals surface area contributed by atoms with E-state index in [-0.39, 0.29) is 0 Å². The van der Waals surface area contributed by atoms with Gasteiger partial charge in [0.25, 0.3) is 0 Å². The second-order valence-corrected chi connectivity index (χ2v) is 5.05. The van der Waals surface area contributed by atoms with E-state index < -0.39 is 0 Å². The third-order valence-corrected chi connectivity index (χ3v) is 3.41. The Hall–Kier alpha value is -2.93. The zero-order valence-corrected chi connectivity index (χ0v) is 13.2. The van der Waals surface area contributed by atoms with Gasteiger partial charge in [-0.2, -0.15) is 10.2 Å². The van der Waals surface area contributed by atoms with Crippen molar-refractivity contribution in [3.63, 3.8) is 0 Å². The van der Waals surface area contributed by atoms with E-state index in [1.165, 1.54) is 0 Å². The number of rotatable bonds is 4. The highest BCUT2D eigenvalue weighted by Gasteiger charge is 2.13. The molecule has 0 saturated heterocycles. The summed E-state index contributed by atoms with van der Waals surface area (Å²) in [5, 5.41) is 11.9. The minimum Gasteiger partial charge on any atom is -0.463 e. The second-order valence-electron chi connectivity index (χ2n) is 4.64. The maximum atomic E-state index is 5.46. The number of furan rings is 1. The predicted octanol–water partition coefficient (Wildman–Crippen LogP) is 2.56. The van der Waals surface area contributed by atoms with Gasteiger partial charge in [-0.3, -0.25) is 5.43 Å². The number of hydrogen-bond acceptors (Lipinski definition) is 4. The van der Waals surface area contributed by atoms with Gasteiger partial charge in [0.1, 0.15) is 5.69 Å². The van der Waals surface area contributed by atoms with Crippen LogP contribution in [0.3, 0.4) is 0 Å². The normalized spacial score (nSPS) is 10.8. The summed E-state index contributed by atoms with van der Waals surface area (Å²) in [6, 6.07) is 13.5. The number of aromatic nitrogens is 2. The van der Waals surface area contributed by atoms with Gasteiger partial charge in [-0.15, -0.1) is 0 Å². The van der Waals surface area contributed by atoms with Crippen LogP contribution in [-0.2, 0) is 0 Å². The molecule has 3 rings (SSSR count). The molecule has 0 fully saturated rings. The standard InChI is InChI=1S/C16H15N5OS/c1-17-16(23)19-18-10-12-11-21(13-6-3-2-4-7-13)20-15(12)14-8-5-9-22-14/h2-11H,1H3,(H2,17,19,23)/b18-10-. The van der Waals surface area contributed by atoms with Gasteiger partial charge in [-0.05, 0) is 36.5 Å². The minimum absolute atomic E-state index is 0.441. The van der Waals surface area contributed by atoms with Crippen LogP contribution >= 0.6 is 12.2 Å². The van der Waals surface area contributed by atoms with E-state index in [9.17, 15) is 0 Å². The molecule has 0 aliphatic heterocycles. The summed E-state index contributed by atoms with van der Waals surface area (Å²) >= 11 is 4.99. The topological polar surface area (TPSA) is 67.4 Å². The van der Waals surface area contributed by atoms with Crippen molar-refractivity contribution in [2.45, 2.75) is 0 Å². The Labute approximate surface area is 138 Å². The summed E-state index contributed by atoms with van der Waals surface area (Å²) in [5.74, 6) is 0.678. The fourth-order valence-corrected chi connectivity index (χ4v) is 2.07. The molecule has 0 radical (unpaired) electrons. The first-order valence-electron chi connectivity index (χ1n) is 6.97. The molecule has 0 amide bonds. The van der Waals surface area contributed by atoms with E-state index in [4.69, 9.17) is 16.6 Å². The lowest BCUT2D eigenvalue weighted by Gasteiger charge is -1.99. The first kappa shape index (κ1) is 15.0. The van der Waals surface area contributed by atoms with E-state index in [1.807, 2.05) is 48.7 Å². The van der Waals surface area contributed by atoms with Crippen molar-refractivity contribution in [3.8, 4) is 17.1 Å². The SMILES string of the molecule is CNC(=S)N/N=C\c1cn(-c2ccccc2)nc1-c1ccco1. The lowest BCUT2D eigenvalue weighted by atomic mass is 10.2. The molecule has 2 aromatic heterocycles. The average molecular weight is 325 g/mol. The van der Waals surface area contributed by atoms with Crippen molar-refractivity contribution in [1.29, 1.82) is 0 Å². The molecule has 0 atom stereocenters. The molecule has 0 unspecified atom stereocenters. The Balaban J connectivity index is 1.96. The number of para-hydroxylation sites is 1. The molecule has 0 spiro atoms. The second kappa shape index (κ2) is 6.89. The van der Waals surface area contributed by atoms with Crippen molar-refractivity contribution < 1.29 is 4.42 Å². The van der Waals surface area contributed by atoms with Gasteiger partial charge < -0.3 is 9.73 Å². The average Bonchev–Trinajstić information content (AvgIpc) is 3.25. The fraction of sp³-hybridized carbons (Fsp3) is 0.0625. The zero-order valence-electron chi connectivity index (χ0n) is 12.4. The third kappa shape index (κ3) is 3.46. The highest BCUT2D eigenvalue weighted by atomic mass is 32.1. The molecule has 0 aliphatic rings. The van der Waals surface area contributed by atoms with Gasteiger partial charge in [0, 0.05) is 18.8 Å². The van der Waals surface area contributed by atoms with Gasteiger partial charge in [0.05, 0.1) is 18.2 Å². The first-order chi connectivity index (χ1) is 11.3. The summed E-state index contributed by atoms with van der Waals surface area (Å²) in [4.78, 5) is 0. The number of hydrogen-bond donors (Lipinski definition) is 2. The lowest BCUT2D eigenvalue weighted by molar-refractivity contribution is 0.579. The number of nitrogens with one attached hydrogen (secondary N) is 2. The van der Waals surface area contributed by atoms with Gasteiger partial charge >= 0.3 is 0 Å². The molecule has 6 nitrogen and oxygen atoms in total. The van der Waals surface area contributed by atoms with Crippen molar-refractivity contribution in [3.05, 3.63) is 60.5 Å². The van der Waals surface area contributed by atoms with E-state index in [0.717, 1.165) is 11.3 Å². The van der Waals surface area contributed by atoms with Crippen LogP contribution in [0.25, 0.3) is 17.1 Å². The van der Waals surface area contributed by atoms with Crippen LogP contribution in [0.2, 0.25) is 0 Å². The summed E-state index contributed by atoms with van der Waals surface area (Å²) in [5.41, 5.74) is 5.20.